The van der Waals surface area contributed by atoms with Gasteiger partial charge in [0.05, 0.1) is 0 Å². The summed E-state index contributed by atoms with van der Waals surface area (Å²) in [6.45, 7) is 8.86. The van der Waals surface area contributed by atoms with Crippen molar-refractivity contribution in [3.63, 3.8) is 0 Å². The van der Waals surface area contributed by atoms with E-state index in [0.29, 0.717) is 5.92 Å². The van der Waals surface area contributed by atoms with Crippen LogP contribution in [0.2, 0.25) is 0 Å². The third-order valence-corrected chi connectivity index (χ3v) is 7.99. The Kier molecular flexibility index (Phi) is 6.99. The zero-order chi connectivity index (χ0) is 25.2. The number of aryl methyl sites for hydroxylation is 2. The van der Waals surface area contributed by atoms with E-state index >= 15 is 0 Å². The number of pyridine rings is 1. The maximum Gasteiger partial charge on any atom is 0.317 e. The topological polar surface area (TPSA) is 81.3 Å². The molecule has 2 aliphatic rings. The highest BCUT2D eigenvalue weighted by molar-refractivity contribution is 5.91. The summed E-state index contributed by atoms with van der Waals surface area (Å²) in [5, 5.41) is 4.51. The van der Waals surface area contributed by atoms with E-state index in [4.69, 9.17) is 0 Å². The first-order valence-corrected chi connectivity index (χ1v) is 13.3. The fourth-order valence-corrected chi connectivity index (χ4v) is 5.85. The van der Waals surface area contributed by atoms with E-state index in [1.54, 1.807) is 6.92 Å². The van der Waals surface area contributed by atoms with E-state index in [0.717, 1.165) is 64.0 Å². The van der Waals surface area contributed by atoms with E-state index < -0.39 is 0 Å². The number of aromatic amines is 1. The van der Waals surface area contributed by atoms with Gasteiger partial charge in [0, 0.05) is 73.2 Å². The van der Waals surface area contributed by atoms with Gasteiger partial charge in [0.2, 0.25) is 5.91 Å². The molecule has 3 aromatic rings. The van der Waals surface area contributed by atoms with Crippen LogP contribution in [-0.4, -0.2) is 63.9 Å². The van der Waals surface area contributed by atoms with Gasteiger partial charge in [-0.05, 0) is 80.3 Å². The van der Waals surface area contributed by atoms with Crippen LogP contribution >= 0.6 is 0 Å². The van der Waals surface area contributed by atoms with Crippen LogP contribution in [0, 0.1) is 6.92 Å². The molecule has 36 heavy (non-hydrogen) atoms. The third-order valence-electron chi connectivity index (χ3n) is 7.99. The van der Waals surface area contributed by atoms with Gasteiger partial charge in [-0.3, -0.25) is 9.78 Å². The minimum atomic E-state index is 0.0429. The third kappa shape index (κ3) is 4.97. The lowest BCUT2D eigenvalue weighted by molar-refractivity contribution is -0.129. The lowest BCUT2D eigenvalue weighted by atomic mass is 9.88. The number of likely N-dealkylation sites (tertiary alicyclic amines) is 2. The van der Waals surface area contributed by atoms with Crippen LogP contribution in [0.25, 0.3) is 22.2 Å². The highest BCUT2D eigenvalue weighted by Gasteiger charge is 2.27. The number of amides is 3. The number of rotatable bonds is 4. The first-order valence-electron chi connectivity index (χ1n) is 13.3. The summed E-state index contributed by atoms with van der Waals surface area (Å²) in [4.78, 5) is 36.2. The van der Waals surface area contributed by atoms with Gasteiger partial charge in [0.1, 0.15) is 0 Å². The molecule has 1 aromatic carbocycles. The molecule has 7 heteroatoms. The molecule has 0 aliphatic carbocycles. The van der Waals surface area contributed by atoms with Gasteiger partial charge in [0.25, 0.3) is 0 Å². The molecule has 0 unspecified atom stereocenters. The van der Waals surface area contributed by atoms with Crippen LogP contribution in [0.3, 0.4) is 0 Å². The minimum absolute atomic E-state index is 0.0429. The molecule has 0 bridgehead atoms. The quantitative estimate of drug-likeness (QED) is 0.543. The molecular formula is C29H37N5O2. The maximum absolute atomic E-state index is 12.9. The van der Waals surface area contributed by atoms with Crippen LogP contribution in [-0.2, 0) is 11.2 Å². The SMILES string of the molecule is CCc1c(-c2ccnc(C)c2)[nH]c2ccc(C3CCN(C(=O)NC4CCN(C(C)=O)CC4)CC3)cc12. The van der Waals surface area contributed by atoms with E-state index in [1.165, 1.54) is 33.3 Å². The van der Waals surface area contributed by atoms with Crippen LogP contribution in [0.4, 0.5) is 4.79 Å². The number of benzene rings is 1. The number of hydrogen-bond donors (Lipinski definition) is 2. The number of H-pyrrole nitrogens is 1. The van der Waals surface area contributed by atoms with Gasteiger partial charge >= 0.3 is 6.03 Å². The summed E-state index contributed by atoms with van der Waals surface area (Å²) in [6, 6.07) is 11.3. The average Bonchev–Trinajstić information content (AvgIpc) is 3.27. The van der Waals surface area contributed by atoms with Gasteiger partial charge < -0.3 is 20.1 Å². The van der Waals surface area contributed by atoms with Crippen molar-refractivity contribution in [2.45, 2.75) is 64.8 Å². The number of carbonyl (C=O) groups excluding carboxylic acids is 2. The predicted molar refractivity (Wildman–Crippen MR) is 143 cm³/mol. The monoisotopic (exact) mass is 487 g/mol. The van der Waals surface area contributed by atoms with Crippen molar-refractivity contribution in [2.24, 2.45) is 0 Å². The summed E-state index contributed by atoms with van der Waals surface area (Å²) in [6.07, 6.45) is 6.46. The van der Waals surface area contributed by atoms with Crippen LogP contribution in [0.15, 0.2) is 36.5 Å². The molecule has 7 nitrogen and oxygen atoms in total. The highest BCUT2D eigenvalue weighted by atomic mass is 16.2. The summed E-state index contributed by atoms with van der Waals surface area (Å²) in [7, 11) is 0. The number of nitrogens with one attached hydrogen (secondary N) is 2. The fourth-order valence-electron chi connectivity index (χ4n) is 5.85. The Hall–Kier alpha value is -3.35. The molecule has 0 saturated carbocycles. The van der Waals surface area contributed by atoms with Crippen LogP contribution in [0.1, 0.15) is 62.3 Å². The van der Waals surface area contributed by atoms with Crippen molar-refractivity contribution in [2.75, 3.05) is 26.2 Å². The Labute approximate surface area is 213 Å². The molecule has 5 rings (SSSR count). The number of fused-ring (bicyclic) bond motifs is 1. The summed E-state index contributed by atoms with van der Waals surface area (Å²) in [5.41, 5.74) is 7.29. The molecule has 2 aliphatic heterocycles. The van der Waals surface area contributed by atoms with Gasteiger partial charge in [-0.2, -0.15) is 0 Å². The van der Waals surface area contributed by atoms with Crippen molar-refractivity contribution in [1.82, 2.24) is 25.1 Å². The van der Waals surface area contributed by atoms with E-state index in [1.807, 2.05) is 22.9 Å². The lowest BCUT2D eigenvalue weighted by Crippen LogP contribution is -2.51. The second-order valence-electron chi connectivity index (χ2n) is 10.3. The van der Waals surface area contributed by atoms with Gasteiger partial charge in [-0.25, -0.2) is 4.79 Å². The molecule has 0 spiro atoms. The molecule has 4 heterocycles. The Morgan fingerprint density at radius 3 is 2.42 bits per heavy atom. The molecule has 2 fully saturated rings. The molecule has 2 N–H and O–H groups in total. The van der Waals surface area contributed by atoms with Crippen molar-refractivity contribution >= 4 is 22.8 Å². The predicted octanol–water partition coefficient (Wildman–Crippen LogP) is 5.00. The van der Waals surface area contributed by atoms with Crippen molar-refractivity contribution in [3.8, 4) is 11.3 Å². The molecule has 0 atom stereocenters. The molecule has 0 radical (unpaired) electrons. The summed E-state index contributed by atoms with van der Waals surface area (Å²) >= 11 is 0. The normalized spacial score (nSPS) is 17.5. The standard InChI is InChI=1S/C29H37N5O2/c1-4-25-26-18-22(5-6-27(26)32-28(25)23-7-12-30-19(2)17-23)21-8-13-34(14-9-21)29(36)31-24-10-15-33(16-11-24)20(3)35/h5-7,12,17-18,21,24,32H,4,8-11,13-16H2,1-3H3,(H,31,36). The minimum Gasteiger partial charge on any atom is -0.354 e. The average molecular weight is 488 g/mol. The Morgan fingerprint density at radius 2 is 1.75 bits per heavy atom. The smallest absolute Gasteiger partial charge is 0.317 e. The second-order valence-corrected chi connectivity index (χ2v) is 10.3. The molecule has 2 aromatic heterocycles. The molecule has 3 amide bonds. The Bertz CT molecular complexity index is 1250. The zero-order valence-electron chi connectivity index (χ0n) is 21.6. The molecular weight excluding hydrogens is 450 g/mol. The maximum atomic E-state index is 12.9. The number of carbonyl (C=O) groups is 2. The number of piperidine rings is 2. The van der Waals surface area contributed by atoms with Gasteiger partial charge in [-0.1, -0.05) is 13.0 Å². The zero-order valence-corrected chi connectivity index (χ0v) is 21.6. The fraction of sp³-hybridized carbons (Fsp3) is 0.483. The van der Waals surface area contributed by atoms with Gasteiger partial charge in [0.15, 0.2) is 0 Å². The van der Waals surface area contributed by atoms with E-state index in [-0.39, 0.29) is 18.0 Å². The van der Waals surface area contributed by atoms with Gasteiger partial charge in [-0.15, -0.1) is 0 Å². The highest BCUT2D eigenvalue weighted by Crippen LogP contribution is 2.35. The number of aromatic nitrogens is 2. The van der Waals surface area contributed by atoms with Crippen molar-refractivity contribution in [3.05, 3.63) is 53.3 Å². The molecule has 190 valence electrons. The molecule has 2 saturated heterocycles. The Balaban J connectivity index is 1.23. The largest absolute Gasteiger partial charge is 0.354 e. The van der Waals surface area contributed by atoms with Crippen molar-refractivity contribution in [1.29, 1.82) is 0 Å². The lowest BCUT2D eigenvalue weighted by Gasteiger charge is -2.36. The van der Waals surface area contributed by atoms with Crippen LogP contribution < -0.4 is 5.32 Å². The van der Waals surface area contributed by atoms with E-state index in [2.05, 4.69) is 52.5 Å². The number of nitrogens with zero attached hydrogens (tertiary/aromatic N) is 3. The van der Waals surface area contributed by atoms with E-state index in [9.17, 15) is 9.59 Å². The summed E-state index contributed by atoms with van der Waals surface area (Å²) in [5.74, 6) is 0.581. The summed E-state index contributed by atoms with van der Waals surface area (Å²) < 4.78 is 0. The number of hydrogen-bond acceptors (Lipinski definition) is 3. The van der Waals surface area contributed by atoms with Crippen LogP contribution in [0.5, 0.6) is 0 Å². The Morgan fingerprint density at radius 1 is 1.03 bits per heavy atom. The number of urea groups is 1. The second kappa shape index (κ2) is 10.3. The van der Waals surface area contributed by atoms with Crippen molar-refractivity contribution < 1.29 is 9.59 Å². The first-order chi connectivity index (χ1) is 17.4. The first kappa shape index (κ1) is 24.3.